The number of ether oxygens (including phenoxy) is 1. The third-order valence-corrected chi connectivity index (χ3v) is 4.74. The van der Waals surface area contributed by atoms with Crippen molar-refractivity contribution in [3.63, 3.8) is 0 Å². The van der Waals surface area contributed by atoms with Gasteiger partial charge >= 0.3 is 0 Å². The van der Waals surface area contributed by atoms with Crippen LogP contribution in [0.4, 0.5) is 11.5 Å². The molecule has 6 heteroatoms. The number of likely N-dealkylation sites (N-methyl/N-ethyl adjacent to an activating group) is 1. The molecule has 1 aliphatic heterocycles. The van der Waals surface area contributed by atoms with E-state index in [1.807, 2.05) is 73.3 Å². The molecular formula is C21H28N4O2. The van der Waals surface area contributed by atoms with E-state index < -0.39 is 0 Å². The summed E-state index contributed by atoms with van der Waals surface area (Å²) in [4.78, 5) is 23.1. The van der Waals surface area contributed by atoms with Crippen molar-refractivity contribution in [2.45, 2.75) is 19.4 Å². The molecule has 0 spiro atoms. The second-order valence-electron chi connectivity index (χ2n) is 6.96. The van der Waals surface area contributed by atoms with Gasteiger partial charge in [-0.3, -0.25) is 9.69 Å². The van der Waals surface area contributed by atoms with E-state index in [-0.39, 0.29) is 12.0 Å². The Bertz CT molecular complexity index is 751. The summed E-state index contributed by atoms with van der Waals surface area (Å²) >= 11 is 0. The zero-order valence-corrected chi connectivity index (χ0v) is 16.3. The molecule has 144 valence electrons. The van der Waals surface area contributed by atoms with Crippen molar-refractivity contribution in [3.8, 4) is 5.75 Å². The molecule has 1 atom stereocenters. The first-order valence-corrected chi connectivity index (χ1v) is 9.45. The first kappa shape index (κ1) is 19.2. The number of anilines is 2. The second kappa shape index (κ2) is 8.86. The maximum atomic E-state index is 12.8. The average Bonchev–Trinajstić information content (AvgIpc) is 3.10. The minimum atomic E-state index is 0.0764. The SMILES string of the molecule is CCN(C(=O)CN1CC[C@@H](Oc2cccnc2N(C)C)C1)c1ccccc1. The lowest BCUT2D eigenvalue weighted by atomic mass is 10.3. The normalized spacial score (nSPS) is 16.9. The Morgan fingerprint density at radius 3 is 2.70 bits per heavy atom. The number of carbonyl (C=O) groups excluding carboxylic acids is 1. The van der Waals surface area contributed by atoms with E-state index in [9.17, 15) is 4.79 Å². The quantitative estimate of drug-likeness (QED) is 0.752. The summed E-state index contributed by atoms with van der Waals surface area (Å²) in [6.45, 7) is 4.70. The molecule has 2 aromatic rings. The van der Waals surface area contributed by atoms with Crippen molar-refractivity contribution >= 4 is 17.4 Å². The fraction of sp³-hybridized carbons (Fsp3) is 0.429. The lowest BCUT2D eigenvalue weighted by Gasteiger charge is -2.24. The van der Waals surface area contributed by atoms with Gasteiger partial charge in [-0.1, -0.05) is 18.2 Å². The van der Waals surface area contributed by atoms with Gasteiger partial charge in [0.15, 0.2) is 11.6 Å². The van der Waals surface area contributed by atoms with Crippen LogP contribution in [0, 0.1) is 0 Å². The summed E-state index contributed by atoms with van der Waals surface area (Å²) in [5.74, 6) is 1.74. The molecule has 6 nitrogen and oxygen atoms in total. The molecule has 0 radical (unpaired) electrons. The fourth-order valence-corrected chi connectivity index (χ4v) is 3.41. The van der Waals surface area contributed by atoms with E-state index >= 15 is 0 Å². The first-order valence-electron chi connectivity index (χ1n) is 9.45. The molecule has 0 bridgehead atoms. The number of amides is 1. The topological polar surface area (TPSA) is 48.9 Å². The Morgan fingerprint density at radius 2 is 2.00 bits per heavy atom. The van der Waals surface area contributed by atoms with E-state index in [1.54, 1.807) is 6.20 Å². The zero-order valence-electron chi connectivity index (χ0n) is 16.3. The summed E-state index contributed by atoms with van der Waals surface area (Å²) in [7, 11) is 3.91. The number of carbonyl (C=O) groups is 1. The molecule has 1 aliphatic rings. The van der Waals surface area contributed by atoms with E-state index in [1.165, 1.54) is 0 Å². The highest BCUT2D eigenvalue weighted by atomic mass is 16.5. The molecule has 1 saturated heterocycles. The fourth-order valence-electron chi connectivity index (χ4n) is 3.41. The lowest BCUT2D eigenvalue weighted by molar-refractivity contribution is -0.119. The van der Waals surface area contributed by atoms with Gasteiger partial charge in [0.1, 0.15) is 6.10 Å². The number of nitrogens with zero attached hydrogens (tertiary/aromatic N) is 4. The minimum absolute atomic E-state index is 0.0764. The number of benzene rings is 1. The van der Waals surface area contributed by atoms with Crippen LogP contribution in [0.1, 0.15) is 13.3 Å². The first-order chi connectivity index (χ1) is 13.1. The molecule has 0 aliphatic carbocycles. The molecule has 0 N–H and O–H groups in total. The van der Waals surface area contributed by atoms with Crippen LogP contribution in [0.2, 0.25) is 0 Å². The van der Waals surface area contributed by atoms with Gasteiger partial charge in [0.25, 0.3) is 0 Å². The molecular weight excluding hydrogens is 340 g/mol. The number of hydrogen-bond donors (Lipinski definition) is 0. The van der Waals surface area contributed by atoms with Gasteiger partial charge in [0.2, 0.25) is 5.91 Å². The van der Waals surface area contributed by atoms with Crippen molar-refractivity contribution in [3.05, 3.63) is 48.7 Å². The Balaban J connectivity index is 1.58. The summed E-state index contributed by atoms with van der Waals surface area (Å²) in [6.07, 6.45) is 2.75. The van der Waals surface area contributed by atoms with Crippen LogP contribution >= 0.6 is 0 Å². The van der Waals surface area contributed by atoms with Gasteiger partial charge in [0, 0.05) is 45.6 Å². The Hall–Kier alpha value is -2.60. The van der Waals surface area contributed by atoms with Gasteiger partial charge in [0.05, 0.1) is 6.54 Å². The second-order valence-corrected chi connectivity index (χ2v) is 6.96. The number of rotatable bonds is 7. The Kier molecular flexibility index (Phi) is 6.29. The monoisotopic (exact) mass is 368 g/mol. The number of para-hydroxylation sites is 1. The van der Waals surface area contributed by atoms with Crippen LogP contribution in [0.3, 0.4) is 0 Å². The van der Waals surface area contributed by atoms with Crippen LogP contribution in [0.15, 0.2) is 48.7 Å². The minimum Gasteiger partial charge on any atom is -0.485 e. The predicted octanol–water partition coefficient (Wildman–Crippen LogP) is 2.65. The Morgan fingerprint density at radius 1 is 1.22 bits per heavy atom. The zero-order chi connectivity index (χ0) is 19.2. The van der Waals surface area contributed by atoms with Crippen LogP contribution in [-0.2, 0) is 4.79 Å². The van der Waals surface area contributed by atoms with Gasteiger partial charge < -0.3 is 14.5 Å². The van der Waals surface area contributed by atoms with E-state index in [4.69, 9.17) is 4.74 Å². The third kappa shape index (κ3) is 4.77. The Labute approximate surface area is 161 Å². The number of likely N-dealkylation sites (tertiary alicyclic amines) is 1. The molecule has 1 aromatic carbocycles. The van der Waals surface area contributed by atoms with Crippen molar-refractivity contribution in [1.29, 1.82) is 0 Å². The van der Waals surface area contributed by atoms with Crippen molar-refractivity contribution in [2.24, 2.45) is 0 Å². The largest absolute Gasteiger partial charge is 0.485 e. The molecule has 3 rings (SSSR count). The maximum absolute atomic E-state index is 12.8. The maximum Gasteiger partial charge on any atom is 0.241 e. The van der Waals surface area contributed by atoms with Gasteiger partial charge in [-0.25, -0.2) is 4.98 Å². The van der Waals surface area contributed by atoms with Crippen LogP contribution in [-0.4, -0.2) is 62.2 Å². The van der Waals surface area contributed by atoms with Crippen LogP contribution in [0.5, 0.6) is 5.75 Å². The third-order valence-electron chi connectivity index (χ3n) is 4.74. The van der Waals surface area contributed by atoms with E-state index in [2.05, 4.69) is 9.88 Å². The predicted molar refractivity (Wildman–Crippen MR) is 109 cm³/mol. The molecule has 0 saturated carbocycles. The lowest BCUT2D eigenvalue weighted by Crippen LogP contribution is -2.40. The van der Waals surface area contributed by atoms with Gasteiger partial charge in [-0.15, -0.1) is 0 Å². The van der Waals surface area contributed by atoms with E-state index in [0.717, 1.165) is 36.8 Å². The molecule has 1 fully saturated rings. The highest BCUT2D eigenvalue weighted by Crippen LogP contribution is 2.26. The van der Waals surface area contributed by atoms with Crippen molar-refractivity contribution < 1.29 is 9.53 Å². The summed E-state index contributed by atoms with van der Waals surface area (Å²) in [5, 5.41) is 0. The molecule has 2 heterocycles. The standard InChI is InChI=1S/C21H28N4O2/c1-4-25(17-9-6-5-7-10-17)20(26)16-24-14-12-18(15-24)27-19-11-8-13-22-21(19)23(2)3/h5-11,13,18H,4,12,14-16H2,1-3H3/t18-/m1/s1. The summed E-state index contributed by atoms with van der Waals surface area (Å²) in [6, 6.07) is 13.7. The number of hydrogen-bond acceptors (Lipinski definition) is 5. The number of aromatic nitrogens is 1. The molecule has 1 amide bonds. The highest BCUT2D eigenvalue weighted by molar-refractivity contribution is 5.94. The summed E-state index contributed by atoms with van der Waals surface area (Å²) < 4.78 is 6.18. The van der Waals surface area contributed by atoms with Crippen molar-refractivity contribution in [2.75, 3.05) is 50.1 Å². The van der Waals surface area contributed by atoms with Crippen molar-refractivity contribution in [1.82, 2.24) is 9.88 Å². The molecule has 27 heavy (non-hydrogen) atoms. The van der Waals surface area contributed by atoms with Crippen LogP contribution < -0.4 is 14.5 Å². The summed E-state index contributed by atoms with van der Waals surface area (Å²) in [5.41, 5.74) is 0.947. The average molecular weight is 368 g/mol. The molecule has 0 unspecified atom stereocenters. The smallest absolute Gasteiger partial charge is 0.241 e. The molecule has 1 aromatic heterocycles. The van der Waals surface area contributed by atoms with Gasteiger partial charge in [-0.2, -0.15) is 0 Å². The highest BCUT2D eigenvalue weighted by Gasteiger charge is 2.28. The number of pyridine rings is 1. The van der Waals surface area contributed by atoms with Gasteiger partial charge in [-0.05, 0) is 37.6 Å². The van der Waals surface area contributed by atoms with Crippen LogP contribution in [0.25, 0.3) is 0 Å². The van der Waals surface area contributed by atoms with E-state index in [0.29, 0.717) is 13.1 Å².